The average molecular weight is 803 g/mol. The third kappa shape index (κ3) is 12.5. The third-order valence-corrected chi connectivity index (χ3v) is 12.5. The maximum Gasteiger partial charge on any atom is 0.323 e. The predicted molar refractivity (Wildman–Crippen MR) is 194 cm³/mol. The van der Waals surface area contributed by atoms with Crippen molar-refractivity contribution in [3.05, 3.63) is 59.7 Å². The zero-order chi connectivity index (χ0) is 39.9. The van der Waals surface area contributed by atoms with Crippen LogP contribution in [0.2, 0.25) is 0 Å². The first-order valence-electron chi connectivity index (χ1n) is 17.7. The van der Waals surface area contributed by atoms with E-state index >= 15 is 0 Å². The van der Waals surface area contributed by atoms with E-state index in [9.17, 15) is 26.4 Å². The van der Waals surface area contributed by atoms with Crippen molar-refractivity contribution in [2.45, 2.75) is 62.2 Å². The number of ether oxygens (including phenoxy) is 5. The maximum atomic E-state index is 12.6. The maximum absolute atomic E-state index is 12.6. The molecule has 0 aliphatic carbocycles. The number of hydrogen-bond donors (Lipinski definition) is 2. The van der Waals surface area contributed by atoms with Crippen LogP contribution in [0.5, 0.6) is 0 Å². The first-order chi connectivity index (χ1) is 25.6. The Morgan fingerprint density at radius 1 is 0.574 bits per heavy atom. The highest BCUT2D eigenvalue weighted by atomic mass is 32.2. The fraction of sp³-hybridized carbons (Fsp3) is 0.622. The highest BCUT2D eigenvalue weighted by Gasteiger charge is 2.49. The Kier molecular flexibility index (Phi) is 17.5. The Labute approximate surface area is 318 Å². The van der Waals surface area contributed by atoms with Gasteiger partial charge < -0.3 is 33.9 Å². The van der Waals surface area contributed by atoms with E-state index in [2.05, 4.69) is 9.47 Å². The molecule has 304 valence electrons. The number of aliphatic hydroxyl groups excluding tert-OH is 2. The van der Waals surface area contributed by atoms with E-state index in [-0.39, 0.29) is 41.6 Å². The highest BCUT2D eigenvalue weighted by molar-refractivity contribution is 7.87. The van der Waals surface area contributed by atoms with E-state index in [4.69, 9.17) is 32.8 Å². The monoisotopic (exact) mass is 802 g/mol. The van der Waals surface area contributed by atoms with Crippen LogP contribution in [0.1, 0.15) is 49.7 Å². The van der Waals surface area contributed by atoms with Gasteiger partial charge in [-0.15, -0.1) is 0 Å². The molecule has 17 heteroatoms. The zero-order valence-corrected chi connectivity index (χ0v) is 33.1. The average Bonchev–Trinajstić information content (AvgIpc) is 3.20. The fourth-order valence-corrected chi connectivity index (χ4v) is 7.88. The molecule has 0 aromatic heterocycles. The normalized spacial score (nSPS) is 19.1. The minimum absolute atomic E-state index is 0.0588. The molecule has 3 fully saturated rings. The molecule has 0 radical (unpaired) electrons. The third-order valence-electron chi connectivity index (χ3n) is 9.94. The standard InChI is InChI=1S/C21H26O7S2.C9H14O5.C7H14O3/c1-17-3-7-19(8-4-17)29(22,23)27-15-21(11-13-26-14-12-21)16-28-30(24,25)20-9-5-18(2)6-10-20;1-12-7(10)9(8(11)13-2)3-5-14-6-4-9;8-5-7(6-9)1-3-10-4-2-7/h3-10H,11-16H2,1-2H3;3-6H2,1-2H3;8-9H,1-6H2. The molecule has 2 N–H and O–H groups in total. The number of esters is 2. The molecule has 3 aliphatic rings. The van der Waals surface area contributed by atoms with E-state index in [1.807, 2.05) is 13.8 Å². The Morgan fingerprint density at radius 2 is 0.889 bits per heavy atom. The van der Waals surface area contributed by atoms with Gasteiger partial charge in [0.2, 0.25) is 0 Å². The van der Waals surface area contributed by atoms with E-state index in [0.29, 0.717) is 65.3 Å². The van der Waals surface area contributed by atoms with Crippen molar-refractivity contribution in [2.75, 3.05) is 80.3 Å². The molecule has 2 aromatic carbocycles. The minimum Gasteiger partial charge on any atom is -0.468 e. The lowest BCUT2D eigenvalue weighted by atomic mass is 9.80. The number of aliphatic hydroxyl groups is 2. The first-order valence-corrected chi connectivity index (χ1v) is 20.5. The molecule has 15 nitrogen and oxygen atoms in total. The number of aryl methyl sites for hydroxylation is 2. The molecular weight excluding hydrogens is 749 g/mol. The van der Waals surface area contributed by atoms with Gasteiger partial charge >= 0.3 is 11.9 Å². The Balaban J connectivity index is 0.000000267. The van der Waals surface area contributed by atoms with Gasteiger partial charge in [0.25, 0.3) is 20.2 Å². The second-order valence-corrected chi connectivity index (χ2v) is 17.0. The quantitative estimate of drug-likeness (QED) is 0.180. The van der Waals surface area contributed by atoms with Gasteiger partial charge in [0.15, 0.2) is 5.41 Å². The summed E-state index contributed by atoms with van der Waals surface area (Å²) in [4.78, 5) is 23.1. The van der Waals surface area contributed by atoms with E-state index in [0.717, 1.165) is 24.0 Å². The van der Waals surface area contributed by atoms with E-state index in [1.165, 1.54) is 38.5 Å². The largest absolute Gasteiger partial charge is 0.468 e. The number of carbonyl (C=O) groups excluding carboxylic acids is 2. The molecule has 0 amide bonds. The summed E-state index contributed by atoms with van der Waals surface area (Å²) in [6.45, 7) is 6.35. The van der Waals surface area contributed by atoms with Crippen molar-refractivity contribution >= 4 is 32.2 Å². The summed E-state index contributed by atoms with van der Waals surface area (Å²) in [6.07, 6.45) is 3.07. The van der Waals surface area contributed by atoms with E-state index < -0.39 is 43.0 Å². The van der Waals surface area contributed by atoms with Crippen molar-refractivity contribution < 1.29 is 68.7 Å². The fourth-order valence-electron chi connectivity index (χ4n) is 5.86. The molecule has 2 aromatic rings. The number of methoxy groups -OCH3 is 2. The molecular formula is C37H54O15S2. The lowest BCUT2D eigenvalue weighted by molar-refractivity contribution is -0.176. The van der Waals surface area contributed by atoms with Gasteiger partial charge in [-0.3, -0.25) is 18.0 Å². The summed E-state index contributed by atoms with van der Waals surface area (Å²) in [5.41, 5.74) is -0.317. The van der Waals surface area contributed by atoms with Crippen LogP contribution in [-0.2, 0) is 61.9 Å². The van der Waals surface area contributed by atoms with Gasteiger partial charge in [-0.1, -0.05) is 35.4 Å². The summed E-state index contributed by atoms with van der Waals surface area (Å²) in [7, 11) is -5.41. The molecule has 0 saturated carbocycles. The van der Waals surface area contributed by atoms with Crippen LogP contribution < -0.4 is 0 Å². The second-order valence-electron chi connectivity index (χ2n) is 13.8. The van der Waals surface area contributed by atoms with Crippen molar-refractivity contribution in [2.24, 2.45) is 16.2 Å². The van der Waals surface area contributed by atoms with Crippen LogP contribution in [0, 0.1) is 30.1 Å². The lowest BCUT2D eigenvalue weighted by Gasteiger charge is -2.35. The molecule has 0 unspecified atom stereocenters. The minimum atomic E-state index is -3.97. The Bertz CT molecular complexity index is 1570. The van der Waals surface area contributed by atoms with Crippen LogP contribution >= 0.6 is 0 Å². The topological polar surface area (TPSA) is 207 Å². The molecule has 3 saturated heterocycles. The van der Waals surface area contributed by atoms with Crippen LogP contribution in [0.4, 0.5) is 0 Å². The SMILES string of the molecule is COC(=O)C1(C(=O)OC)CCOCC1.Cc1ccc(S(=O)(=O)OCC2(COS(=O)(=O)c3ccc(C)cc3)CCOCC2)cc1.OCC1(CO)CCOCC1. The zero-order valence-electron chi connectivity index (χ0n) is 31.5. The second kappa shape index (κ2) is 20.8. The van der Waals surface area contributed by atoms with E-state index in [1.54, 1.807) is 24.3 Å². The number of rotatable bonds is 12. The molecule has 0 atom stereocenters. The summed E-state index contributed by atoms with van der Waals surface area (Å²) >= 11 is 0. The van der Waals surface area contributed by atoms with Gasteiger partial charge in [-0.2, -0.15) is 16.8 Å². The van der Waals surface area contributed by atoms with Crippen LogP contribution in [0.15, 0.2) is 58.3 Å². The number of benzene rings is 2. The molecule has 54 heavy (non-hydrogen) atoms. The van der Waals surface area contributed by atoms with Gasteiger partial charge in [0.05, 0.1) is 50.4 Å². The highest BCUT2D eigenvalue weighted by Crippen LogP contribution is 2.35. The predicted octanol–water partition coefficient (Wildman–Crippen LogP) is 3.11. The first kappa shape index (κ1) is 45.4. The van der Waals surface area contributed by atoms with Gasteiger partial charge in [0.1, 0.15) is 0 Å². The lowest BCUT2D eigenvalue weighted by Crippen LogP contribution is -2.45. The molecule has 3 aliphatic heterocycles. The number of hydrogen-bond acceptors (Lipinski definition) is 15. The number of carbonyl (C=O) groups is 2. The Morgan fingerprint density at radius 3 is 1.19 bits per heavy atom. The van der Waals surface area contributed by atoms with Crippen LogP contribution in [0.25, 0.3) is 0 Å². The molecule has 5 rings (SSSR count). The molecule has 0 spiro atoms. The molecule has 0 bridgehead atoms. The summed E-state index contributed by atoms with van der Waals surface area (Å²) < 4.78 is 85.8. The summed E-state index contributed by atoms with van der Waals surface area (Å²) in [6, 6.07) is 12.7. The van der Waals surface area contributed by atoms with Crippen molar-refractivity contribution in [3.8, 4) is 0 Å². The van der Waals surface area contributed by atoms with Crippen molar-refractivity contribution in [1.29, 1.82) is 0 Å². The van der Waals surface area contributed by atoms with Gasteiger partial charge in [0, 0.05) is 50.5 Å². The van der Waals surface area contributed by atoms with Crippen LogP contribution in [-0.4, -0.2) is 119 Å². The summed E-state index contributed by atoms with van der Waals surface area (Å²) in [5, 5.41) is 17.9. The van der Waals surface area contributed by atoms with Gasteiger partial charge in [-0.25, -0.2) is 0 Å². The smallest absolute Gasteiger partial charge is 0.323 e. The van der Waals surface area contributed by atoms with Crippen LogP contribution in [0.3, 0.4) is 0 Å². The Hall–Kier alpha value is -3.00. The molecule has 3 heterocycles. The van der Waals surface area contributed by atoms with Crippen molar-refractivity contribution in [3.63, 3.8) is 0 Å². The van der Waals surface area contributed by atoms with Gasteiger partial charge in [-0.05, 0) is 76.6 Å². The summed E-state index contributed by atoms with van der Waals surface area (Å²) in [5.74, 6) is -1.07. The van der Waals surface area contributed by atoms with Crippen molar-refractivity contribution in [1.82, 2.24) is 0 Å².